The highest BCUT2D eigenvalue weighted by Crippen LogP contribution is 2.33. The number of hydrogen-bond donors (Lipinski definition) is 1. The van der Waals surface area contributed by atoms with Gasteiger partial charge in [0.05, 0.1) is 17.9 Å². The third-order valence-electron chi connectivity index (χ3n) is 3.79. The van der Waals surface area contributed by atoms with Crippen molar-refractivity contribution in [1.82, 2.24) is 4.98 Å². The van der Waals surface area contributed by atoms with Crippen molar-refractivity contribution in [2.75, 3.05) is 6.61 Å². The first kappa shape index (κ1) is 19.4. The van der Waals surface area contributed by atoms with E-state index in [1.165, 1.54) is 6.92 Å². The minimum absolute atomic E-state index is 0.0370. The maximum atomic E-state index is 11.8. The molecule has 1 aromatic carbocycles. The number of benzene rings is 1. The first-order valence-electron chi connectivity index (χ1n) is 8.59. The van der Waals surface area contributed by atoms with E-state index in [1.54, 1.807) is 37.3 Å². The van der Waals surface area contributed by atoms with Crippen LogP contribution in [0.15, 0.2) is 30.3 Å². The summed E-state index contributed by atoms with van der Waals surface area (Å²) >= 11 is 0. The van der Waals surface area contributed by atoms with Crippen molar-refractivity contribution >= 4 is 11.8 Å². The Labute approximate surface area is 152 Å². The first-order valence-corrected chi connectivity index (χ1v) is 8.59. The Morgan fingerprint density at radius 1 is 1.15 bits per heavy atom. The van der Waals surface area contributed by atoms with E-state index in [1.807, 2.05) is 6.92 Å². The van der Waals surface area contributed by atoms with Crippen molar-refractivity contribution in [1.29, 1.82) is 0 Å². The largest absolute Gasteiger partial charge is 0.507 e. The number of ether oxygens (including phenoxy) is 2. The minimum Gasteiger partial charge on any atom is -0.507 e. The number of aromatic nitrogens is 1. The van der Waals surface area contributed by atoms with Crippen LogP contribution in [-0.4, -0.2) is 28.4 Å². The molecule has 1 heterocycles. The number of pyridine rings is 1. The summed E-state index contributed by atoms with van der Waals surface area (Å²) in [5.41, 5.74) is 1.66. The highest BCUT2D eigenvalue weighted by Gasteiger charge is 2.16. The normalized spacial score (nSPS) is 10.4. The molecule has 0 bridgehead atoms. The molecular weight excluding hydrogens is 334 g/mol. The van der Waals surface area contributed by atoms with Gasteiger partial charge in [-0.2, -0.15) is 0 Å². The fourth-order valence-corrected chi connectivity index (χ4v) is 2.56. The van der Waals surface area contributed by atoms with E-state index in [2.05, 4.69) is 4.98 Å². The van der Waals surface area contributed by atoms with Gasteiger partial charge in [-0.05, 0) is 44.5 Å². The van der Waals surface area contributed by atoms with Crippen molar-refractivity contribution in [3.8, 4) is 11.5 Å². The number of rotatable bonds is 8. The summed E-state index contributed by atoms with van der Waals surface area (Å²) in [6, 6.07) is 8.26. The molecule has 0 aliphatic carbocycles. The van der Waals surface area contributed by atoms with Crippen LogP contribution < -0.4 is 4.74 Å². The summed E-state index contributed by atoms with van der Waals surface area (Å²) < 4.78 is 10.7. The van der Waals surface area contributed by atoms with Crippen LogP contribution in [0, 0.1) is 0 Å². The van der Waals surface area contributed by atoms with Gasteiger partial charge in [0, 0.05) is 5.56 Å². The lowest BCUT2D eigenvalue weighted by Crippen LogP contribution is -2.09. The lowest BCUT2D eigenvalue weighted by molar-refractivity contribution is 0.0518. The summed E-state index contributed by atoms with van der Waals surface area (Å²) in [7, 11) is 0. The summed E-state index contributed by atoms with van der Waals surface area (Å²) in [5, 5.41) is 10.4. The molecule has 0 aliphatic heterocycles. The highest BCUT2D eigenvalue weighted by molar-refractivity contribution is 5.97. The SMILES string of the molecule is CCCc1c(OCc2cccc(C(=O)OCC)n2)ccc(C(C)=O)c1O. The average Bonchev–Trinajstić information content (AvgIpc) is 2.62. The Kier molecular flexibility index (Phi) is 6.72. The number of esters is 1. The maximum Gasteiger partial charge on any atom is 0.356 e. The number of carbonyl (C=O) groups is 2. The van der Waals surface area contributed by atoms with Gasteiger partial charge in [0.25, 0.3) is 0 Å². The Bertz CT molecular complexity index is 801. The molecule has 6 heteroatoms. The van der Waals surface area contributed by atoms with Gasteiger partial charge < -0.3 is 14.6 Å². The van der Waals surface area contributed by atoms with Crippen molar-refractivity contribution in [2.24, 2.45) is 0 Å². The van der Waals surface area contributed by atoms with E-state index < -0.39 is 5.97 Å². The standard InChI is InChI=1S/C20H23NO5/c1-4-7-16-18(11-10-15(13(3)22)19(16)23)26-12-14-8-6-9-17(21-14)20(24)25-5-2/h6,8-11,23H,4-5,7,12H2,1-3H3. The second-order valence-corrected chi connectivity index (χ2v) is 5.77. The minimum atomic E-state index is -0.482. The van der Waals surface area contributed by atoms with Crippen LogP contribution >= 0.6 is 0 Å². The summed E-state index contributed by atoms with van der Waals surface area (Å²) in [6.45, 7) is 5.54. The molecule has 0 radical (unpaired) electrons. The van der Waals surface area contributed by atoms with Crippen molar-refractivity contribution < 1.29 is 24.2 Å². The van der Waals surface area contributed by atoms with E-state index in [0.717, 1.165) is 6.42 Å². The Morgan fingerprint density at radius 3 is 2.58 bits per heavy atom. The van der Waals surface area contributed by atoms with E-state index in [-0.39, 0.29) is 36.0 Å². The summed E-state index contributed by atoms with van der Waals surface area (Å²) in [4.78, 5) is 27.6. The molecule has 0 spiro atoms. The Hall–Kier alpha value is -2.89. The number of hydrogen-bond acceptors (Lipinski definition) is 6. The lowest BCUT2D eigenvalue weighted by atomic mass is 10.0. The van der Waals surface area contributed by atoms with Crippen LogP contribution in [0.3, 0.4) is 0 Å². The van der Waals surface area contributed by atoms with Crippen LogP contribution in [0.2, 0.25) is 0 Å². The molecule has 0 amide bonds. The molecule has 0 unspecified atom stereocenters. The molecular formula is C20H23NO5. The third-order valence-corrected chi connectivity index (χ3v) is 3.79. The number of nitrogens with zero attached hydrogens (tertiary/aromatic N) is 1. The monoisotopic (exact) mass is 357 g/mol. The smallest absolute Gasteiger partial charge is 0.356 e. The Morgan fingerprint density at radius 2 is 1.92 bits per heavy atom. The molecule has 0 saturated heterocycles. The van der Waals surface area contributed by atoms with E-state index in [9.17, 15) is 14.7 Å². The number of ketones is 1. The number of carbonyl (C=O) groups excluding carboxylic acids is 2. The van der Waals surface area contributed by atoms with Gasteiger partial charge in [-0.1, -0.05) is 19.4 Å². The van der Waals surface area contributed by atoms with Crippen molar-refractivity contribution in [2.45, 2.75) is 40.2 Å². The summed E-state index contributed by atoms with van der Waals surface area (Å²) in [5.74, 6) is -0.220. The number of phenols is 1. The third kappa shape index (κ3) is 4.59. The fourth-order valence-electron chi connectivity index (χ4n) is 2.56. The number of Topliss-reactive ketones (excluding diaryl/α,β-unsaturated/α-hetero) is 1. The molecule has 138 valence electrons. The van der Waals surface area contributed by atoms with Gasteiger partial charge in [0.1, 0.15) is 23.8 Å². The van der Waals surface area contributed by atoms with Crippen molar-refractivity contribution in [3.63, 3.8) is 0 Å². The zero-order chi connectivity index (χ0) is 19.1. The van der Waals surface area contributed by atoms with Gasteiger partial charge in [-0.25, -0.2) is 9.78 Å². The van der Waals surface area contributed by atoms with E-state index in [4.69, 9.17) is 9.47 Å². The van der Waals surface area contributed by atoms with Gasteiger partial charge >= 0.3 is 5.97 Å². The molecule has 2 aromatic rings. The highest BCUT2D eigenvalue weighted by atomic mass is 16.5. The van der Waals surface area contributed by atoms with Crippen molar-refractivity contribution in [3.05, 3.63) is 52.8 Å². The number of aromatic hydroxyl groups is 1. The second kappa shape index (κ2) is 8.99. The topological polar surface area (TPSA) is 85.7 Å². The number of phenolic OH excluding ortho intramolecular Hbond substituents is 1. The summed E-state index contributed by atoms with van der Waals surface area (Å²) in [6.07, 6.45) is 1.38. The predicted octanol–water partition coefficient (Wildman–Crippen LogP) is 3.70. The zero-order valence-corrected chi connectivity index (χ0v) is 15.2. The molecule has 26 heavy (non-hydrogen) atoms. The molecule has 0 fully saturated rings. The van der Waals surface area contributed by atoms with Crippen LogP contribution in [0.1, 0.15) is 59.3 Å². The zero-order valence-electron chi connectivity index (χ0n) is 15.2. The second-order valence-electron chi connectivity index (χ2n) is 5.77. The molecule has 0 atom stereocenters. The molecule has 0 saturated carbocycles. The Balaban J connectivity index is 2.21. The molecule has 1 aromatic heterocycles. The first-order chi connectivity index (χ1) is 12.5. The maximum absolute atomic E-state index is 11.8. The van der Waals surface area contributed by atoms with Gasteiger partial charge in [0.15, 0.2) is 5.78 Å². The van der Waals surface area contributed by atoms with Gasteiger partial charge in [-0.3, -0.25) is 4.79 Å². The van der Waals surface area contributed by atoms with Gasteiger partial charge in [-0.15, -0.1) is 0 Å². The van der Waals surface area contributed by atoms with Crippen LogP contribution in [0.5, 0.6) is 11.5 Å². The molecule has 0 aliphatic rings. The molecule has 2 rings (SSSR count). The van der Waals surface area contributed by atoms with E-state index >= 15 is 0 Å². The predicted molar refractivity (Wildman–Crippen MR) is 96.6 cm³/mol. The van der Waals surface area contributed by atoms with Crippen LogP contribution in [0.25, 0.3) is 0 Å². The fraction of sp³-hybridized carbons (Fsp3) is 0.350. The molecule has 6 nitrogen and oxygen atoms in total. The lowest BCUT2D eigenvalue weighted by Gasteiger charge is -2.14. The quantitative estimate of drug-likeness (QED) is 0.573. The molecule has 1 N–H and O–H groups in total. The van der Waals surface area contributed by atoms with Crippen LogP contribution in [0.4, 0.5) is 0 Å². The van der Waals surface area contributed by atoms with E-state index in [0.29, 0.717) is 23.4 Å². The van der Waals surface area contributed by atoms with Crippen LogP contribution in [-0.2, 0) is 17.8 Å². The van der Waals surface area contributed by atoms with Gasteiger partial charge in [0.2, 0.25) is 0 Å². The average molecular weight is 357 g/mol.